The normalized spacial score (nSPS) is 14.0. The first-order valence-electron chi connectivity index (χ1n) is 11.6. The Bertz CT molecular complexity index is 1270. The van der Waals surface area contributed by atoms with Gasteiger partial charge in [0.1, 0.15) is 5.75 Å². The van der Waals surface area contributed by atoms with Gasteiger partial charge < -0.3 is 14.5 Å². The van der Waals surface area contributed by atoms with E-state index in [1.165, 1.54) is 10.6 Å². The number of amides is 1. The highest BCUT2D eigenvalue weighted by atomic mass is 32.2. The minimum atomic E-state index is -3.46. The van der Waals surface area contributed by atoms with E-state index >= 15 is 0 Å². The maximum absolute atomic E-state index is 13.1. The van der Waals surface area contributed by atoms with E-state index in [4.69, 9.17) is 4.74 Å². The lowest BCUT2D eigenvalue weighted by molar-refractivity contribution is 0.0746. The predicted octanol–water partition coefficient (Wildman–Crippen LogP) is 3.93. The van der Waals surface area contributed by atoms with Gasteiger partial charge in [0.25, 0.3) is 5.91 Å². The topological polar surface area (TPSA) is 70.2 Å². The van der Waals surface area contributed by atoms with Gasteiger partial charge in [-0.25, -0.2) is 8.42 Å². The van der Waals surface area contributed by atoms with Gasteiger partial charge in [0.05, 0.1) is 25.6 Å². The zero-order valence-electron chi connectivity index (χ0n) is 20.3. The highest BCUT2D eigenvalue weighted by Gasteiger charge is 2.23. The van der Waals surface area contributed by atoms with E-state index in [0.717, 1.165) is 35.7 Å². The fourth-order valence-electron chi connectivity index (χ4n) is 4.25. The number of piperazine rings is 1. The molecule has 1 heterocycles. The first-order chi connectivity index (χ1) is 16.7. The van der Waals surface area contributed by atoms with E-state index in [-0.39, 0.29) is 12.5 Å². The molecule has 1 fully saturated rings. The summed E-state index contributed by atoms with van der Waals surface area (Å²) in [6.45, 7) is 4.94. The molecule has 184 valence electrons. The van der Waals surface area contributed by atoms with Crippen LogP contribution in [0.4, 0.5) is 11.4 Å². The number of hydrogen-bond acceptors (Lipinski definition) is 5. The number of ether oxygens (including phenoxy) is 1. The lowest BCUT2D eigenvalue weighted by atomic mass is 10.1. The van der Waals surface area contributed by atoms with Crippen LogP contribution in [0.2, 0.25) is 0 Å². The van der Waals surface area contributed by atoms with Crippen LogP contribution < -0.4 is 13.9 Å². The predicted molar refractivity (Wildman–Crippen MR) is 140 cm³/mol. The Balaban J connectivity index is 1.39. The molecule has 1 saturated heterocycles. The summed E-state index contributed by atoms with van der Waals surface area (Å²) in [6, 6.07) is 22.6. The van der Waals surface area contributed by atoms with E-state index in [0.29, 0.717) is 24.3 Å². The quantitative estimate of drug-likeness (QED) is 0.499. The fraction of sp³-hybridized carbons (Fsp3) is 0.296. The third-order valence-electron chi connectivity index (χ3n) is 6.22. The number of rotatable bonds is 7. The zero-order chi connectivity index (χ0) is 25.0. The van der Waals surface area contributed by atoms with Crippen LogP contribution in [0.15, 0.2) is 72.8 Å². The molecule has 3 aromatic carbocycles. The van der Waals surface area contributed by atoms with Crippen molar-refractivity contribution in [3.63, 3.8) is 0 Å². The van der Waals surface area contributed by atoms with Crippen LogP contribution >= 0.6 is 0 Å². The lowest BCUT2D eigenvalue weighted by Crippen LogP contribution is -2.48. The van der Waals surface area contributed by atoms with Crippen molar-refractivity contribution >= 4 is 27.3 Å². The Morgan fingerprint density at radius 1 is 0.943 bits per heavy atom. The first-order valence-corrected chi connectivity index (χ1v) is 13.4. The summed E-state index contributed by atoms with van der Waals surface area (Å²) in [5, 5.41) is 0. The number of nitrogens with zero attached hydrogens (tertiary/aromatic N) is 3. The summed E-state index contributed by atoms with van der Waals surface area (Å²) in [6.07, 6.45) is 1.21. The van der Waals surface area contributed by atoms with Gasteiger partial charge in [-0.15, -0.1) is 0 Å². The van der Waals surface area contributed by atoms with Crippen molar-refractivity contribution < 1.29 is 17.9 Å². The van der Waals surface area contributed by atoms with Gasteiger partial charge in [-0.2, -0.15) is 0 Å². The molecule has 1 amide bonds. The summed E-state index contributed by atoms with van der Waals surface area (Å²) >= 11 is 0. The minimum Gasteiger partial charge on any atom is -0.497 e. The molecule has 0 spiro atoms. The molecule has 0 unspecified atom stereocenters. The van der Waals surface area contributed by atoms with Crippen LogP contribution in [0.3, 0.4) is 0 Å². The third-order valence-corrected chi connectivity index (χ3v) is 7.36. The number of aryl methyl sites for hydroxylation is 1. The van der Waals surface area contributed by atoms with Crippen LogP contribution in [0.5, 0.6) is 5.75 Å². The molecule has 0 aliphatic carbocycles. The van der Waals surface area contributed by atoms with E-state index in [1.807, 2.05) is 66.4 Å². The van der Waals surface area contributed by atoms with Gasteiger partial charge in [-0.3, -0.25) is 9.10 Å². The van der Waals surface area contributed by atoms with Crippen molar-refractivity contribution in [3.8, 4) is 5.75 Å². The second kappa shape index (κ2) is 10.4. The number of benzene rings is 3. The number of hydrogen-bond donors (Lipinski definition) is 0. The largest absolute Gasteiger partial charge is 0.497 e. The van der Waals surface area contributed by atoms with Crippen LogP contribution in [0.25, 0.3) is 0 Å². The van der Waals surface area contributed by atoms with Crippen molar-refractivity contribution in [3.05, 3.63) is 89.5 Å². The van der Waals surface area contributed by atoms with Crippen LogP contribution in [-0.2, 0) is 16.6 Å². The van der Waals surface area contributed by atoms with Crippen molar-refractivity contribution in [2.24, 2.45) is 0 Å². The van der Waals surface area contributed by atoms with Gasteiger partial charge in [0.15, 0.2) is 0 Å². The number of sulfonamides is 1. The Kier molecular flexibility index (Phi) is 7.31. The summed E-state index contributed by atoms with van der Waals surface area (Å²) in [7, 11) is -1.81. The van der Waals surface area contributed by atoms with Crippen LogP contribution in [0, 0.1) is 6.92 Å². The molecule has 0 atom stereocenters. The number of carbonyl (C=O) groups is 1. The summed E-state index contributed by atoms with van der Waals surface area (Å²) in [4.78, 5) is 17.2. The Hall–Kier alpha value is -3.52. The summed E-state index contributed by atoms with van der Waals surface area (Å²) in [5.41, 5.74) is 4.16. The molecule has 1 aliphatic heterocycles. The average Bonchev–Trinajstić information content (AvgIpc) is 2.87. The monoisotopic (exact) mass is 493 g/mol. The maximum atomic E-state index is 13.1. The second-order valence-electron chi connectivity index (χ2n) is 8.78. The molecular formula is C27H31N3O4S. The molecule has 4 rings (SSSR count). The fourth-order valence-corrected chi connectivity index (χ4v) is 5.13. The van der Waals surface area contributed by atoms with Crippen LogP contribution in [-0.4, -0.2) is 58.8 Å². The van der Waals surface area contributed by atoms with Crippen LogP contribution in [0.1, 0.15) is 21.5 Å². The molecule has 7 nitrogen and oxygen atoms in total. The molecule has 0 aromatic heterocycles. The SMILES string of the molecule is COc1ccc(N2CCN(C(=O)c3ccc(CN(c4cccc(C)c4)S(C)(=O)=O)cc3)CC2)cc1. The van der Waals surface area contributed by atoms with Crippen molar-refractivity contribution in [1.29, 1.82) is 0 Å². The second-order valence-corrected chi connectivity index (χ2v) is 10.7. The number of carbonyl (C=O) groups excluding carboxylic acids is 1. The van der Waals surface area contributed by atoms with E-state index in [2.05, 4.69) is 4.90 Å². The molecule has 35 heavy (non-hydrogen) atoms. The van der Waals surface area contributed by atoms with Crippen molar-refractivity contribution in [2.45, 2.75) is 13.5 Å². The Morgan fingerprint density at radius 2 is 1.60 bits per heavy atom. The molecular weight excluding hydrogens is 462 g/mol. The standard InChI is InChI=1S/C27H31N3O4S/c1-21-5-4-6-25(19-21)30(35(3,32)33)20-22-7-9-23(10-8-22)27(31)29-17-15-28(16-18-29)24-11-13-26(34-2)14-12-24/h4-14,19H,15-18,20H2,1-3H3. The smallest absolute Gasteiger partial charge is 0.253 e. The lowest BCUT2D eigenvalue weighted by Gasteiger charge is -2.36. The first kappa shape index (κ1) is 24.6. The molecule has 1 aliphatic rings. The molecule has 0 saturated carbocycles. The summed E-state index contributed by atoms with van der Waals surface area (Å²) < 4.78 is 31.5. The van der Waals surface area contributed by atoms with Crippen molar-refractivity contribution in [2.75, 3.05) is 48.7 Å². The van der Waals surface area contributed by atoms with E-state index < -0.39 is 10.0 Å². The zero-order valence-corrected chi connectivity index (χ0v) is 21.2. The molecule has 0 radical (unpaired) electrons. The minimum absolute atomic E-state index is 0.00964. The Morgan fingerprint density at radius 3 is 2.17 bits per heavy atom. The van der Waals surface area contributed by atoms with Crippen molar-refractivity contribution in [1.82, 2.24) is 4.90 Å². The average molecular weight is 494 g/mol. The molecule has 3 aromatic rings. The van der Waals surface area contributed by atoms with Gasteiger partial charge in [0, 0.05) is 37.4 Å². The van der Waals surface area contributed by atoms with Gasteiger partial charge >= 0.3 is 0 Å². The van der Waals surface area contributed by atoms with Gasteiger partial charge in [-0.05, 0) is 66.6 Å². The summed E-state index contributed by atoms with van der Waals surface area (Å²) in [5.74, 6) is 0.814. The van der Waals surface area contributed by atoms with E-state index in [1.54, 1.807) is 25.3 Å². The molecule has 0 N–H and O–H groups in total. The molecule has 8 heteroatoms. The maximum Gasteiger partial charge on any atom is 0.253 e. The highest BCUT2D eigenvalue weighted by Crippen LogP contribution is 2.23. The Labute approximate surface area is 207 Å². The van der Waals surface area contributed by atoms with Gasteiger partial charge in [-0.1, -0.05) is 24.3 Å². The highest BCUT2D eigenvalue weighted by molar-refractivity contribution is 7.92. The number of methoxy groups -OCH3 is 1. The van der Waals surface area contributed by atoms with E-state index in [9.17, 15) is 13.2 Å². The third kappa shape index (κ3) is 5.95. The molecule has 0 bridgehead atoms. The number of anilines is 2. The van der Waals surface area contributed by atoms with Gasteiger partial charge in [0.2, 0.25) is 10.0 Å².